The molecule has 1 amide bonds. The summed E-state index contributed by atoms with van der Waals surface area (Å²) in [6, 6.07) is 20.2. The first-order valence-corrected chi connectivity index (χ1v) is 12.6. The van der Waals surface area contributed by atoms with E-state index >= 15 is 0 Å². The fourth-order valence-corrected chi connectivity index (χ4v) is 6.32. The Morgan fingerprint density at radius 3 is 2.62 bits per heavy atom. The zero-order chi connectivity index (χ0) is 22.2. The Hall–Kier alpha value is -2.41. The molecule has 0 bridgehead atoms. The molecular formula is C25H22ClN3OS2. The van der Waals surface area contributed by atoms with Gasteiger partial charge in [0, 0.05) is 23.5 Å². The second kappa shape index (κ2) is 8.85. The molecule has 0 aliphatic carbocycles. The topological polar surface area (TPSA) is 35.9 Å². The Balaban J connectivity index is 1.53. The largest absolute Gasteiger partial charge is 0.337 e. The third-order valence-corrected chi connectivity index (χ3v) is 8.21. The van der Waals surface area contributed by atoms with Crippen molar-refractivity contribution in [2.75, 3.05) is 18.5 Å². The summed E-state index contributed by atoms with van der Waals surface area (Å²) in [4.78, 5) is 24.1. The highest BCUT2D eigenvalue weighted by Crippen LogP contribution is 2.50. The van der Waals surface area contributed by atoms with E-state index in [2.05, 4.69) is 36.1 Å². The maximum atomic E-state index is 13.5. The molecule has 5 rings (SSSR count). The minimum atomic E-state index is 0.0243. The van der Waals surface area contributed by atoms with Gasteiger partial charge in [0.25, 0.3) is 5.91 Å². The number of thioether (sulfide) groups is 2. The van der Waals surface area contributed by atoms with Crippen LogP contribution in [0.15, 0.2) is 80.5 Å². The van der Waals surface area contributed by atoms with Crippen molar-refractivity contribution in [3.8, 4) is 0 Å². The molecule has 162 valence electrons. The maximum absolute atomic E-state index is 13.5. The predicted molar refractivity (Wildman–Crippen MR) is 138 cm³/mol. The second-order valence-corrected chi connectivity index (χ2v) is 10.2. The van der Waals surface area contributed by atoms with Crippen molar-refractivity contribution in [3.05, 3.63) is 75.6 Å². The molecule has 7 heteroatoms. The zero-order valence-electron chi connectivity index (χ0n) is 17.8. The van der Waals surface area contributed by atoms with E-state index in [0.29, 0.717) is 11.6 Å². The quantitative estimate of drug-likeness (QED) is 0.369. The number of aliphatic imine (C=N–C) groups is 1. The number of carbonyl (C=O) groups is 1. The third kappa shape index (κ3) is 3.91. The molecule has 0 radical (unpaired) electrons. The minimum Gasteiger partial charge on any atom is -0.337 e. The van der Waals surface area contributed by atoms with Crippen LogP contribution in [0.3, 0.4) is 0 Å². The van der Waals surface area contributed by atoms with Crippen LogP contribution in [0.1, 0.15) is 19.8 Å². The Bertz CT molecular complexity index is 1290. The van der Waals surface area contributed by atoms with Crippen LogP contribution in [-0.4, -0.2) is 29.6 Å². The summed E-state index contributed by atoms with van der Waals surface area (Å²) in [5.41, 5.74) is 1.88. The van der Waals surface area contributed by atoms with Crippen LogP contribution in [0, 0.1) is 0 Å². The van der Waals surface area contributed by atoms with E-state index < -0.39 is 0 Å². The molecule has 2 heterocycles. The minimum absolute atomic E-state index is 0.0243. The number of unbranched alkanes of at least 4 members (excludes halogenated alkanes) is 1. The average molecular weight is 480 g/mol. The van der Waals surface area contributed by atoms with Gasteiger partial charge in [-0.05, 0) is 59.3 Å². The zero-order valence-corrected chi connectivity index (χ0v) is 20.2. The van der Waals surface area contributed by atoms with Crippen molar-refractivity contribution in [2.45, 2.75) is 24.7 Å². The van der Waals surface area contributed by atoms with Crippen molar-refractivity contribution >= 4 is 68.3 Å². The van der Waals surface area contributed by atoms with E-state index in [1.807, 2.05) is 48.3 Å². The van der Waals surface area contributed by atoms with Gasteiger partial charge in [-0.25, -0.2) is 4.99 Å². The lowest BCUT2D eigenvalue weighted by atomic mass is 10.1. The van der Waals surface area contributed by atoms with E-state index in [0.717, 1.165) is 49.6 Å². The van der Waals surface area contributed by atoms with E-state index in [1.54, 1.807) is 11.8 Å². The molecule has 2 aliphatic rings. The highest BCUT2D eigenvalue weighted by Gasteiger charge is 2.38. The third-order valence-electron chi connectivity index (χ3n) is 5.54. The van der Waals surface area contributed by atoms with E-state index in [4.69, 9.17) is 16.6 Å². The second-order valence-electron chi connectivity index (χ2n) is 7.75. The molecule has 32 heavy (non-hydrogen) atoms. The highest BCUT2D eigenvalue weighted by molar-refractivity contribution is 8.19. The van der Waals surface area contributed by atoms with Crippen LogP contribution in [0.25, 0.3) is 10.8 Å². The summed E-state index contributed by atoms with van der Waals surface area (Å²) in [7, 11) is 1.99. The Kier molecular flexibility index (Phi) is 5.93. The standard InChI is InChI=1S/C25H22ClN3OS2/c1-3-4-13-29-23(30)22(24-28(2)20-15-18(26)10-12-21(20)31-24)32-25(29)27-19-11-9-16-7-5-6-8-17(16)14-19/h5-12,14-15H,3-4,13H2,1-2H3. The molecule has 3 aromatic rings. The average Bonchev–Trinajstić information content (AvgIpc) is 3.28. The highest BCUT2D eigenvalue weighted by atomic mass is 35.5. The summed E-state index contributed by atoms with van der Waals surface area (Å²) in [6.07, 6.45) is 1.95. The number of benzene rings is 3. The molecule has 0 atom stereocenters. The molecule has 0 aromatic heterocycles. The summed E-state index contributed by atoms with van der Waals surface area (Å²) < 4.78 is 0. The number of amides is 1. The number of carbonyl (C=O) groups excluding carboxylic acids is 1. The fraction of sp³-hybridized carbons (Fsp3) is 0.200. The summed E-state index contributed by atoms with van der Waals surface area (Å²) in [5, 5.41) is 4.68. The fourth-order valence-electron chi connectivity index (χ4n) is 3.81. The molecule has 4 nitrogen and oxygen atoms in total. The van der Waals surface area contributed by atoms with Crippen molar-refractivity contribution in [2.24, 2.45) is 4.99 Å². The predicted octanol–water partition coefficient (Wildman–Crippen LogP) is 7.27. The molecule has 3 aromatic carbocycles. The molecule has 0 N–H and O–H groups in total. The van der Waals surface area contributed by atoms with Crippen LogP contribution < -0.4 is 4.90 Å². The van der Waals surface area contributed by atoms with E-state index in [9.17, 15) is 4.79 Å². The van der Waals surface area contributed by atoms with Gasteiger partial charge in [0.2, 0.25) is 0 Å². The van der Waals surface area contributed by atoms with Gasteiger partial charge >= 0.3 is 0 Å². The van der Waals surface area contributed by atoms with Gasteiger partial charge in [0.15, 0.2) is 5.17 Å². The smallest absolute Gasteiger partial charge is 0.269 e. The number of halogens is 1. The number of hydrogen-bond donors (Lipinski definition) is 0. The lowest BCUT2D eigenvalue weighted by Gasteiger charge is -2.16. The first-order valence-electron chi connectivity index (χ1n) is 10.6. The summed E-state index contributed by atoms with van der Waals surface area (Å²) in [5.74, 6) is 0.0243. The van der Waals surface area contributed by atoms with Crippen LogP contribution in [0.5, 0.6) is 0 Å². The molecule has 2 aliphatic heterocycles. The van der Waals surface area contributed by atoms with Gasteiger partial charge < -0.3 is 4.90 Å². The van der Waals surface area contributed by atoms with Crippen molar-refractivity contribution in [3.63, 3.8) is 0 Å². The number of fused-ring (bicyclic) bond motifs is 2. The molecule has 0 spiro atoms. The van der Waals surface area contributed by atoms with Gasteiger partial charge in [-0.2, -0.15) is 0 Å². The van der Waals surface area contributed by atoms with Crippen LogP contribution >= 0.6 is 35.1 Å². The number of amidine groups is 1. The summed E-state index contributed by atoms with van der Waals surface area (Å²) >= 11 is 9.29. The number of rotatable bonds is 4. The molecule has 1 saturated heterocycles. The maximum Gasteiger partial charge on any atom is 0.269 e. The molecular weight excluding hydrogens is 458 g/mol. The Labute approximate surface area is 201 Å². The van der Waals surface area contributed by atoms with E-state index in [-0.39, 0.29) is 5.91 Å². The van der Waals surface area contributed by atoms with Crippen molar-refractivity contribution in [1.82, 2.24) is 4.90 Å². The van der Waals surface area contributed by atoms with Gasteiger partial charge in [-0.3, -0.25) is 9.69 Å². The molecule has 0 unspecified atom stereocenters. The lowest BCUT2D eigenvalue weighted by Crippen LogP contribution is -2.30. The summed E-state index contributed by atoms with van der Waals surface area (Å²) in [6.45, 7) is 2.80. The normalized spacial score (nSPS) is 19.5. The number of nitrogens with zero attached hydrogens (tertiary/aromatic N) is 3. The van der Waals surface area contributed by atoms with Crippen molar-refractivity contribution in [1.29, 1.82) is 0 Å². The van der Waals surface area contributed by atoms with Crippen LogP contribution in [-0.2, 0) is 4.79 Å². The lowest BCUT2D eigenvalue weighted by molar-refractivity contribution is -0.122. The van der Waals surface area contributed by atoms with Gasteiger partial charge in [0.1, 0.15) is 4.91 Å². The van der Waals surface area contributed by atoms with Crippen molar-refractivity contribution < 1.29 is 4.79 Å². The molecule has 0 saturated carbocycles. The Morgan fingerprint density at radius 2 is 1.81 bits per heavy atom. The number of anilines is 1. The van der Waals surface area contributed by atoms with Crippen LogP contribution in [0.4, 0.5) is 11.4 Å². The Morgan fingerprint density at radius 1 is 1.00 bits per heavy atom. The van der Waals surface area contributed by atoms with Crippen LogP contribution in [0.2, 0.25) is 5.02 Å². The van der Waals surface area contributed by atoms with Gasteiger partial charge in [0.05, 0.1) is 16.4 Å². The number of hydrogen-bond acceptors (Lipinski definition) is 5. The van der Waals surface area contributed by atoms with Gasteiger partial charge in [-0.15, -0.1) is 0 Å². The monoisotopic (exact) mass is 479 g/mol. The van der Waals surface area contributed by atoms with Gasteiger partial charge in [-0.1, -0.05) is 67.0 Å². The van der Waals surface area contributed by atoms with E-state index in [1.165, 1.54) is 17.1 Å². The SMILES string of the molecule is CCCCN1C(=O)C(=C2Sc3ccc(Cl)cc3N2C)SC1=Nc1ccc2ccccc2c1. The first-order chi connectivity index (χ1) is 15.5. The molecule has 1 fully saturated rings. The first kappa shape index (κ1) is 21.4.